The quantitative estimate of drug-likeness (QED) is 0.689. The first-order valence-corrected chi connectivity index (χ1v) is 10.9. The van der Waals surface area contributed by atoms with Crippen LogP contribution in [0.1, 0.15) is 23.2 Å². The smallest absolute Gasteiger partial charge is 0.335 e. The van der Waals surface area contributed by atoms with Crippen molar-refractivity contribution in [2.24, 2.45) is 0 Å². The van der Waals surface area contributed by atoms with E-state index in [1.54, 1.807) is 0 Å². The minimum Gasteiger partial charge on any atom is -0.478 e. The van der Waals surface area contributed by atoms with Crippen molar-refractivity contribution in [2.75, 3.05) is 52.4 Å². The van der Waals surface area contributed by atoms with Gasteiger partial charge >= 0.3 is 5.97 Å². The summed E-state index contributed by atoms with van der Waals surface area (Å²) in [6.45, 7) is 4.90. The highest BCUT2D eigenvalue weighted by Gasteiger charge is 2.34. The number of hydrogen-bond donors (Lipinski definition) is 2. The summed E-state index contributed by atoms with van der Waals surface area (Å²) in [6.07, 6.45) is 1.30. The molecule has 10 heteroatoms. The van der Waals surface area contributed by atoms with Crippen molar-refractivity contribution in [3.8, 4) is 0 Å². The third-order valence-electron chi connectivity index (χ3n) is 5.56. The molecule has 0 amide bonds. The third kappa shape index (κ3) is 4.52. The van der Waals surface area contributed by atoms with Gasteiger partial charge in [-0.05, 0) is 31.0 Å². The van der Waals surface area contributed by atoms with Gasteiger partial charge in [-0.1, -0.05) is 0 Å². The number of rotatable bonds is 6. The largest absolute Gasteiger partial charge is 0.478 e. The molecule has 156 valence electrons. The number of aliphatic hydroxyl groups is 1. The number of sulfonamides is 1. The standard InChI is InChI=1S/C18H26FN3O5S/c19-16-2-1-14(18(24)25)13-17(16)28(26,27)22-5-3-15(4-6-22)21-9-7-20(8-10-21)11-12-23/h1-2,13,15,23H,3-12H2,(H,24,25). The number of hydrogen-bond acceptors (Lipinski definition) is 6. The number of piperazine rings is 1. The molecule has 0 aliphatic carbocycles. The minimum absolute atomic E-state index is 0.149. The van der Waals surface area contributed by atoms with Crippen molar-refractivity contribution in [2.45, 2.75) is 23.8 Å². The van der Waals surface area contributed by atoms with Crippen LogP contribution in [0.5, 0.6) is 0 Å². The summed E-state index contributed by atoms with van der Waals surface area (Å²) in [4.78, 5) is 15.1. The maximum Gasteiger partial charge on any atom is 0.335 e. The number of nitrogens with zero attached hydrogens (tertiary/aromatic N) is 3. The van der Waals surface area contributed by atoms with Gasteiger partial charge < -0.3 is 10.2 Å². The van der Waals surface area contributed by atoms with E-state index in [1.807, 2.05) is 0 Å². The molecule has 2 aliphatic heterocycles. The molecular formula is C18H26FN3O5S. The van der Waals surface area contributed by atoms with Crippen LogP contribution in [0.4, 0.5) is 4.39 Å². The normalized spacial score (nSPS) is 21.1. The second-order valence-corrected chi connectivity index (χ2v) is 9.09. The number of carboxylic acid groups (broad SMARTS) is 1. The molecule has 3 rings (SSSR count). The summed E-state index contributed by atoms with van der Waals surface area (Å²) in [5.41, 5.74) is -0.254. The van der Waals surface area contributed by atoms with Crippen LogP contribution in [0.2, 0.25) is 0 Å². The molecule has 1 aromatic rings. The number of carbonyl (C=O) groups is 1. The molecule has 2 fully saturated rings. The molecule has 0 unspecified atom stereocenters. The summed E-state index contributed by atoms with van der Waals surface area (Å²) in [5, 5.41) is 18.1. The van der Waals surface area contributed by atoms with Gasteiger partial charge in [-0.15, -0.1) is 0 Å². The Morgan fingerprint density at radius 1 is 1.11 bits per heavy atom. The molecule has 2 heterocycles. The number of halogens is 1. The van der Waals surface area contributed by atoms with Crippen molar-refractivity contribution in [1.29, 1.82) is 0 Å². The monoisotopic (exact) mass is 415 g/mol. The Morgan fingerprint density at radius 2 is 1.75 bits per heavy atom. The van der Waals surface area contributed by atoms with E-state index in [0.717, 1.165) is 44.4 Å². The number of aliphatic hydroxyl groups excluding tert-OH is 1. The van der Waals surface area contributed by atoms with Gasteiger partial charge in [0.1, 0.15) is 10.7 Å². The minimum atomic E-state index is -4.08. The van der Waals surface area contributed by atoms with Crippen LogP contribution >= 0.6 is 0 Å². The van der Waals surface area contributed by atoms with E-state index in [4.69, 9.17) is 10.2 Å². The zero-order valence-electron chi connectivity index (χ0n) is 15.6. The van der Waals surface area contributed by atoms with Crippen LogP contribution in [0.15, 0.2) is 23.1 Å². The number of β-amino-alcohol motifs (C(OH)–C–C–N with tert-alkyl or cyclic N) is 1. The maximum absolute atomic E-state index is 14.1. The second-order valence-electron chi connectivity index (χ2n) is 7.19. The van der Waals surface area contributed by atoms with Crippen LogP contribution in [-0.2, 0) is 10.0 Å². The fourth-order valence-corrected chi connectivity index (χ4v) is 5.47. The first-order chi connectivity index (χ1) is 13.3. The van der Waals surface area contributed by atoms with E-state index in [1.165, 1.54) is 4.31 Å². The average Bonchev–Trinajstić information content (AvgIpc) is 2.69. The van der Waals surface area contributed by atoms with Gasteiger partial charge in [-0.3, -0.25) is 9.80 Å². The summed E-state index contributed by atoms with van der Waals surface area (Å²) < 4.78 is 41.0. The lowest BCUT2D eigenvalue weighted by molar-refractivity contribution is 0.0645. The third-order valence-corrected chi connectivity index (χ3v) is 7.47. The highest BCUT2D eigenvalue weighted by atomic mass is 32.2. The first-order valence-electron chi connectivity index (χ1n) is 9.43. The molecule has 0 radical (unpaired) electrons. The van der Waals surface area contributed by atoms with Crippen LogP contribution in [0.3, 0.4) is 0 Å². The summed E-state index contributed by atoms with van der Waals surface area (Å²) >= 11 is 0. The summed E-state index contributed by atoms with van der Waals surface area (Å²) in [7, 11) is -4.08. The van der Waals surface area contributed by atoms with Crippen molar-refractivity contribution in [3.63, 3.8) is 0 Å². The van der Waals surface area contributed by atoms with Gasteiger partial charge in [-0.25, -0.2) is 17.6 Å². The second kappa shape index (κ2) is 8.83. The lowest BCUT2D eigenvalue weighted by Crippen LogP contribution is -2.54. The predicted octanol–water partition coefficient (Wildman–Crippen LogP) is 0.287. The van der Waals surface area contributed by atoms with Gasteiger partial charge in [-0.2, -0.15) is 4.31 Å². The fraction of sp³-hybridized carbons (Fsp3) is 0.611. The fourth-order valence-electron chi connectivity index (χ4n) is 3.91. The number of aromatic carboxylic acids is 1. The van der Waals surface area contributed by atoms with E-state index < -0.39 is 26.7 Å². The average molecular weight is 415 g/mol. The van der Waals surface area contributed by atoms with Crippen molar-refractivity contribution >= 4 is 16.0 Å². The van der Waals surface area contributed by atoms with E-state index >= 15 is 0 Å². The molecule has 1 aromatic carbocycles. The molecule has 0 aromatic heterocycles. The molecule has 2 saturated heterocycles. The molecule has 2 aliphatic rings. The Morgan fingerprint density at radius 3 is 2.32 bits per heavy atom. The lowest BCUT2D eigenvalue weighted by Gasteiger charge is -2.42. The van der Waals surface area contributed by atoms with Crippen LogP contribution in [0, 0.1) is 5.82 Å². The summed E-state index contributed by atoms with van der Waals surface area (Å²) in [6, 6.07) is 3.10. The molecule has 0 spiro atoms. The van der Waals surface area contributed by atoms with Gasteiger partial charge in [0.25, 0.3) is 0 Å². The predicted molar refractivity (Wildman–Crippen MR) is 100 cm³/mol. The van der Waals surface area contributed by atoms with Crippen molar-refractivity contribution in [3.05, 3.63) is 29.6 Å². The summed E-state index contributed by atoms with van der Waals surface area (Å²) in [5.74, 6) is -2.23. The van der Waals surface area contributed by atoms with Crippen molar-refractivity contribution in [1.82, 2.24) is 14.1 Å². The molecule has 0 atom stereocenters. The molecular weight excluding hydrogens is 389 g/mol. The van der Waals surface area contributed by atoms with Crippen LogP contribution < -0.4 is 0 Å². The molecule has 0 saturated carbocycles. The topological polar surface area (TPSA) is 101 Å². The Bertz CT molecular complexity index is 803. The highest BCUT2D eigenvalue weighted by Crippen LogP contribution is 2.26. The Hall–Kier alpha value is -1.59. The Balaban J connectivity index is 1.63. The van der Waals surface area contributed by atoms with E-state index in [2.05, 4.69) is 9.80 Å². The van der Waals surface area contributed by atoms with Gasteiger partial charge in [0, 0.05) is 51.9 Å². The van der Waals surface area contributed by atoms with Crippen molar-refractivity contribution < 1.29 is 27.8 Å². The number of piperidine rings is 1. The van der Waals surface area contributed by atoms with Gasteiger partial charge in [0.2, 0.25) is 10.0 Å². The Labute approximate surface area is 164 Å². The molecule has 2 N–H and O–H groups in total. The zero-order chi connectivity index (χ0) is 20.3. The lowest BCUT2D eigenvalue weighted by atomic mass is 10.0. The van der Waals surface area contributed by atoms with Gasteiger partial charge in [0.05, 0.1) is 12.2 Å². The van der Waals surface area contributed by atoms with E-state index in [-0.39, 0.29) is 31.3 Å². The Kier molecular flexibility index (Phi) is 6.66. The van der Waals surface area contributed by atoms with E-state index in [0.29, 0.717) is 19.4 Å². The maximum atomic E-state index is 14.1. The molecule has 28 heavy (non-hydrogen) atoms. The molecule has 0 bridgehead atoms. The highest BCUT2D eigenvalue weighted by molar-refractivity contribution is 7.89. The number of carboxylic acids is 1. The van der Waals surface area contributed by atoms with Crippen LogP contribution in [0.25, 0.3) is 0 Å². The zero-order valence-corrected chi connectivity index (χ0v) is 16.4. The molecule has 8 nitrogen and oxygen atoms in total. The number of benzene rings is 1. The van der Waals surface area contributed by atoms with Crippen LogP contribution in [-0.4, -0.2) is 97.2 Å². The van der Waals surface area contributed by atoms with Gasteiger partial charge in [0.15, 0.2) is 0 Å². The first kappa shape index (κ1) is 21.1. The SMILES string of the molecule is O=C(O)c1ccc(F)c(S(=O)(=O)N2CCC(N3CCN(CCO)CC3)CC2)c1. The van der Waals surface area contributed by atoms with E-state index in [9.17, 15) is 17.6 Å².